The van der Waals surface area contributed by atoms with E-state index in [0.29, 0.717) is 51.3 Å². The molecule has 2 fully saturated rings. The Morgan fingerprint density at radius 2 is 1.70 bits per heavy atom. The average molecular weight is 439 g/mol. The molecule has 2 aliphatic heterocycles. The Morgan fingerprint density at radius 3 is 2.37 bits per heavy atom. The molecule has 0 aromatic heterocycles. The fourth-order valence-electron chi connectivity index (χ4n) is 4.15. The summed E-state index contributed by atoms with van der Waals surface area (Å²) in [6.45, 7) is 3.58. The normalized spacial score (nSPS) is 23.1. The van der Waals surface area contributed by atoms with Crippen molar-refractivity contribution in [2.45, 2.75) is 37.5 Å². The highest BCUT2D eigenvalue weighted by Crippen LogP contribution is 2.28. The lowest BCUT2D eigenvalue weighted by Crippen LogP contribution is -2.50. The van der Waals surface area contributed by atoms with Gasteiger partial charge < -0.3 is 14.4 Å². The van der Waals surface area contributed by atoms with Gasteiger partial charge in [-0.3, -0.25) is 9.59 Å². The lowest BCUT2D eigenvalue weighted by Gasteiger charge is -2.37. The summed E-state index contributed by atoms with van der Waals surface area (Å²) in [5.74, 6) is -0.444. The van der Waals surface area contributed by atoms with Gasteiger partial charge in [0.2, 0.25) is 15.9 Å². The molecule has 9 heteroatoms. The molecule has 0 radical (unpaired) electrons. The second-order valence-electron chi connectivity index (χ2n) is 7.75. The number of ether oxygens (including phenoxy) is 2. The van der Waals surface area contributed by atoms with Gasteiger partial charge in [0.15, 0.2) is 0 Å². The monoisotopic (exact) mass is 438 g/mol. The van der Waals surface area contributed by atoms with Gasteiger partial charge in [-0.15, -0.1) is 0 Å². The van der Waals surface area contributed by atoms with E-state index in [-0.39, 0.29) is 29.2 Å². The van der Waals surface area contributed by atoms with Crippen molar-refractivity contribution in [2.75, 3.05) is 39.9 Å². The molecule has 2 aliphatic rings. The molecule has 2 saturated heterocycles. The van der Waals surface area contributed by atoms with Crippen LogP contribution in [0.3, 0.4) is 0 Å². The first-order valence-corrected chi connectivity index (χ1v) is 11.9. The van der Waals surface area contributed by atoms with E-state index < -0.39 is 15.9 Å². The number of hydrogen-bond donors (Lipinski definition) is 0. The molecule has 2 atom stereocenters. The molecule has 3 rings (SSSR count). The molecule has 0 N–H and O–H groups in total. The minimum Gasteiger partial charge on any atom is -0.497 e. The third-order valence-corrected chi connectivity index (χ3v) is 7.66. The van der Waals surface area contributed by atoms with Crippen molar-refractivity contribution < 1.29 is 27.5 Å². The lowest BCUT2D eigenvalue weighted by atomic mass is 9.94. The molecule has 2 heterocycles. The Kier molecular flexibility index (Phi) is 7.36. The number of rotatable bonds is 6. The molecule has 0 aliphatic carbocycles. The summed E-state index contributed by atoms with van der Waals surface area (Å²) in [5.41, 5.74) is 0. The summed E-state index contributed by atoms with van der Waals surface area (Å²) in [6, 6.07) is 6.27. The number of esters is 1. The molecule has 0 unspecified atom stereocenters. The fraction of sp³-hybridized carbons (Fsp3) is 0.619. The van der Waals surface area contributed by atoms with Gasteiger partial charge in [0.05, 0.1) is 30.4 Å². The summed E-state index contributed by atoms with van der Waals surface area (Å²) < 4.78 is 37.7. The molecule has 8 nitrogen and oxygen atoms in total. The van der Waals surface area contributed by atoms with E-state index in [9.17, 15) is 18.0 Å². The second kappa shape index (κ2) is 9.78. The van der Waals surface area contributed by atoms with E-state index in [1.807, 2.05) is 0 Å². The molecule has 0 saturated carbocycles. The fourth-order valence-corrected chi connectivity index (χ4v) is 5.67. The largest absolute Gasteiger partial charge is 0.497 e. The van der Waals surface area contributed by atoms with Crippen LogP contribution in [0.4, 0.5) is 0 Å². The number of methoxy groups -OCH3 is 1. The molecular formula is C21H30N2O6S. The zero-order valence-corrected chi connectivity index (χ0v) is 18.4. The standard InChI is InChI=1S/C21H30N2O6S/c1-3-29-21(25)17-7-4-12-22(14-17)20(24)16-6-5-13-23(15-16)30(26,27)19-10-8-18(28-2)9-11-19/h8-11,16-17H,3-7,12-15H2,1-2H3/t16-,17+/m1/s1. The van der Waals surface area contributed by atoms with Crippen molar-refractivity contribution in [1.82, 2.24) is 9.21 Å². The highest BCUT2D eigenvalue weighted by molar-refractivity contribution is 7.89. The molecule has 30 heavy (non-hydrogen) atoms. The van der Waals surface area contributed by atoms with Gasteiger partial charge in [0, 0.05) is 26.2 Å². The first-order chi connectivity index (χ1) is 14.4. The topological polar surface area (TPSA) is 93.2 Å². The smallest absolute Gasteiger partial charge is 0.310 e. The van der Waals surface area contributed by atoms with E-state index in [4.69, 9.17) is 9.47 Å². The average Bonchev–Trinajstić information content (AvgIpc) is 2.79. The minimum atomic E-state index is -3.68. The van der Waals surface area contributed by atoms with E-state index >= 15 is 0 Å². The highest BCUT2D eigenvalue weighted by atomic mass is 32.2. The highest BCUT2D eigenvalue weighted by Gasteiger charge is 2.37. The maximum absolute atomic E-state index is 13.1. The van der Waals surface area contributed by atoms with Crippen LogP contribution in [0.25, 0.3) is 0 Å². The third kappa shape index (κ3) is 4.95. The SMILES string of the molecule is CCOC(=O)[C@H]1CCCN(C(=O)[C@@H]2CCCN(S(=O)(=O)c3ccc(OC)cc3)C2)C1. The Bertz CT molecular complexity index is 855. The summed E-state index contributed by atoms with van der Waals surface area (Å²) in [4.78, 5) is 27.1. The molecule has 1 aromatic carbocycles. The van der Waals surface area contributed by atoms with Gasteiger partial charge >= 0.3 is 5.97 Å². The third-order valence-electron chi connectivity index (χ3n) is 5.78. The predicted molar refractivity (Wildman–Crippen MR) is 110 cm³/mol. The maximum Gasteiger partial charge on any atom is 0.310 e. The van der Waals surface area contributed by atoms with E-state index in [1.54, 1.807) is 24.0 Å². The molecule has 166 valence electrons. The Morgan fingerprint density at radius 1 is 1.03 bits per heavy atom. The summed E-state index contributed by atoms with van der Waals surface area (Å²) in [6.07, 6.45) is 2.73. The molecule has 0 spiro atoms. The van der Waals surface area contributed by atoms with Gasteiger partial charge in [-0.25, -0.2) is 8.42 Å². The number of likely N-dealkylation sites (tertiary alicyclic amines) is 1. The van der Waals surface area contributed by atoms with E-state index in [1.165, 1.54) is 23.5 Å². The van der Waals surface area contributed by atoms with Crippen LogP contribution in [0.15, 0.2) is 29.2 Å². The van der Waals surface area contributed by atoms with Crippen molar-refractivity contribution in [3.63, 3.8) is 0 Å². The van der Waals surface area contributed by atoms with Crippen LogP contribution in [0.2, 0.25) is 0 Å². The van der Waals surface area contributed by atoms with Crippen LogP contribution in [0, 0.1) is 11.8 Å². The number of carbonyl (C=O) groups excluding carboxylic acids is 2. The first kappa shape index (κ1) is 22.6. The minimum absolute atomic E-state index is 0.0707. The van der Waals surface area contributed by atoms with Crippen LogP contribution in [-0.2, 0) is 24.3 Å². The number of amides is 1. The number of piperidine rings is 2. The van der Waals surface area contributed by atoms with Crippen LogP contribution >= 0.6 is 0 Å². The van der Waals surface area contributed by atoms with Crippen molar-refractivity contribution in [2.24, 2.45) is 11.8 Å². The number of hydrogen-bond acceptors (Lipinski definition) is 6. The summed E-state index contributed by atoms with van der Waals surface area (Å²) in [5, 5.41) is 0. The first-order valence-electron chi connectivity index (χ1n) is 10.5. The zero-order valence-electron chi connectivity index (χ0n) is 17.6. The molecule has 0 bridgehead atoms. The van der Waals surface area contributed by atoms with E-state index in [2.05, 4.69) is 0 Å². The van der Waals surface area contributed by atoms with Crippen molar-refractivity contribution in [1.29, 1.82) is 0 Å². The van der Waals surface area contributed by atoms with Crippen molar-refractivity contribution in [3.8, 4) is 5.75 Å². The van der Waals surface area contributed by atoms with Crippen LogP contribution in [-0.4, -0.2) is 69.4 Å². The van der Waals surface area contributed by atoms with Crippen LogP contribution < -0.4 is 4.74 Å². The second-order valence-corrected chi connectivity index (χ2v) is 9.69. The summed E-state index contributed by atoms with van der Waals surface area (Å²) >= 11 is 0. The van der Waals surface area contributed by atoms with Crippen molar-refractivity contribution in [3.05, 3.63) is 24.3 Å². The zero-order chi connectivity index (χ0) is 21.7. The van der Waals surface area contributed by atoms with Crippen molar-refractivity contribution >= 4 is 21.9 Å². The Balaban J connectivity index is 1.67. The molecule has 1 amide bonds. The Labute approximate surface area is 178 Å². The van der Waals surface area contributed by atoms with Gasteiger partial charge in [0.25, 0.3) is 0 Å². The Hall–Kier alpha value is -2.13. The van der Waals surface area contributed by atoms with E-state index in [0.717, 1.165) is 6.42 Å². The molecular weight excluding hydrogens is 408 g/mol. The number of sulfonamides is 1. The van der Waals surface area contributed by atoms with Gasteiger partial charge in [-0.2, -0.15) is 4.31 Å². The maximum atomic E-state index is 13.1. The van der Waals surface area contributed by atoms with Gasteiger partial charge in [0.1, 0.15) is 5.75 Å². The van der Waals surface area contributed by atoms with Crippen LogP contribution in [0.1, 0.15) is 32.6 Å². The van der Waals surface area contributed by atoms with Gasteiger partial charge in [-0.1, -0.05) is 0 Å². The number of carbonyl (C=O) groups is 2. The number of benzene rings is 1. The van der Waals surface area contributed by atoms with Gasteiger partial charge in [-0.05, 0) is 56.9 Å². The summed E-state index contributed by atoms with van der Waals surface area (Å²) in [7, 11) is -2.16. The molecule has 1 aromatic rings. The van der Waals surface area contributed by atoms with Crippen LogP contribution in [0.5, 0.6) is 5.75 Å². The predicted octanol–water partition coefficient (Wildman–Crippen LogP) is 1.90. The number of nitrogens with zero attached hydrogens (tertiary/aromatic N) is 2. The lowest BCUT2D eigenvalue weighted by molar-refractivity contribution is -0.152. The quantitative estimate of drug-likeness (QED) is 0.630.